The van der Waals surface area contributed by atoms with Gasteiger partial charge >= 0.3 is 0 Å². The van der Waals surface area contributed by atoms with Crippen molar-refractivity contribution < 1.29 is 22.7 Å². The standard InChI is InChI=1S/C18H27N3O5S/c1-4-7-19-17(22)14(3)20-18(23)15-6-5-13(2)16(12-15)27(24,25)21-8-10-26-11-9-21/h5-6,12,14H,4,7-11H2,1-3H3,(H,19,22)(H,20,23)/t14-/m1/s1. The van der Waals surface area contributed by atoms with Gasteiger partial charge in [0.15, 0.2) is 0 Å². The van der Waals surface area contributed by atoms with Gasteiger partial charge in [-0.15, -0.1) is 0 Å². The molecule has 0 unspecified atom stereocenters. The Morgan fingerprint density at radius 1 is 1.26 bits per heavy atom. The average Bonchev–Trinajstić information content (AvgIpc) is 2.66. The molecule has 1 aliphatic rings. The summed E-state index contributed by atoms with van der Waals surface area (Å²) >= 11 is 0. The lowest BCUT2D eigenvalue weighted by molar-refractivity contribution is -0.122. The normalized spacial score (nSPS) is 16.6. The van der Waals surface area contributed by atoms with E-state index in [0.717, 1.165) is 6.42 Å². The van der Waals surface area contributed by atoms with Crippen LogP contribution in [0, 0.1) is 6.92 Å². The quantitative estimate of drug-likeness (QED) is 0.703. The fourth-order valence-corrected chi connectivity index (χ4v) is 4.35. The summed E-state index contributed by atoms with van der Waals surface area (Å²) in [5, 5.41) is 5.31. The Kier molecular flexibility index (Phi) is 7.34. The van der Waals surface area contributed by atoms with E-state index in [4.69, 9.17) is 4.74 Å². The Balaban J connectivity index is 2.18. The highest BCUT2D eigenvalue weighted by molar-refractivity contribution is 7.89. The zero-order valence-corrected chi connectivity index (χ0v) is 16.8. The van der Waals surface area contributed by atoms with Gasteiger partial charge in [0.2, 0.25) is 15.9 Å². The van der Waals surface area contributed by atoms with Gasteiger partial charge in [0, 0.05) is 25.2 Å². The van der Waals surface area contributed by atoms with E-state index >= 15 is 0 Å². The van der Waals surface area contributed by atoms with Crippen molar-refractivity contribution in [3.8, 4) is 0 Å². The van der Waals surface area contributed by atoms with Gasteiger partial charge < -0.3 is 15.4 Å². The van der Waals surface area contributed by atoms with E-state index in [9.17, 15) is 18.0 Å². The molecular formula is C18H27N3O5S. The van der Waals surface area contributed by atoms with Crippen molar-refractivity contribution in [1.82, 2.24) is 14.9 Å². The minimum absolute atomic E-state index is 0.0973. The van der Waals surface area contributed by atoms with Gasteiger partial charge in [-0.2, -0.15) is 4.31 Å². The number of aryl methyl sites for hydroxylation is 1. The maximum Gasteiger partial charge on any atom is 0.251 e. The first-order valence-electron chi connectivity index (χ1n) is 9.04. The third-order valence-corrected chi connectivity index (χ3v) is 6.37. The molecule has 1 aromatic carbocycles. The SMILES string of the molecule is CCCNC(=O)[C@@H](C)NC(=O)c1ccc(C)c(S(=O)(=O)N2CCOCC2)c1. The summed E-state index contributed by atoms with van der Waals surface area (Å²) in [6, 6.07) is 3.81. The maximum absolute atomic E-state index is 12.9. The molecule has 2 amide bonds. The van der Waals surface area contributed by atoms with Crippen LogP contribution < -0.4 is 10.6 Å². The van der Waals surface area contributed by atoms with E-state index in [1.807, 2.05) is 6.92 Å². The number of hydrogen-bond donors (Lipinski definition) is 2. The van der Waals surface area contributed by atoms with Crippen LogP contribution in [0.2, 0.25) is 0 Å². The van der Waals surface area contributed by atoms with Crippen LogP contribution in [-0.4, -0.2) is 63.4 Å². The number of hydrogen-bond acceptors (Lipinski definition) is 5. The summed E-state index contributed by atoms with van der Waals surface area (Å²) < 4.78 is 32.4. The minimum Gasteiger partial charge on any atom is -0.379 e. The Bertz CT molecular complexity index is 788. The number of sulfonamides is 1. The van der Waals surface area contributed by atoms with Gasteiger partial charge in [-0.1, -0.05) is 13.0 Å². The molecule has 1 atom stereocenters. The van der Waals surface area contributed by atoms with Crippen LogP contribution in [0.1, 0.15) is 36.2 Å². The smallest absolute Gasteiger partial charge is 0.251 e. The summed E-state index contributed by atoms with van der Waals surface area (Å²) in [6.07, 6.45) is 0.799. The zero-order chi connectivity index (χ0) is 20.0. The lowest BCUT2D eigenvalue weighted by atomic mass is 10.1. The van der Waals surface area contributed by atoms with Gasteiger partial charge in [0.05, 0.1) is 18.1 Å². The van der Waals surface area contributed by atoms with Crippen LogP contribution >= 0.6 is 0 Å². The van der Waals surface area contributed by atoms with E-state index in [-0.39, 0.29) is 29.5 Å². The number of amides is 2. The van der Waals surface area contributed by atoms with Crippen molar-refractivity contribution in [2.75, 3.05) is 32.8 Å². The first kappa shape index (κ1) is 21.3. The second-order valence-electron chi connectivity index (χ2n) is 6.48. The van der Waals surface area contributed by atoms with Crippen molar-refractivity contribution in [3.05, 3.63) is 29.3 Å². The molecule has 1 saturated heterocycles. The molecule has 2 rings (SSSR count). The van der Waals surface area contributed by atoms with Crippen LogP contribution in [0.5, 0.6) is 0 Å². The first-order chi connectivity index (χ1) is 12.8. The van der Waals surface area contributed by atoms with Gasteiger partial charge in [-0.25, -0.2) is 8.42 Å². The molecule has 0 aliphatic carbocycles. The number of nitrogens with one attached hydrogen (secondary N) is 2. The van der Waals surface area contributed by atoms with Crippen molar-refractivity contribution in [1.29, 1.82) is 0 Å². The molecule has 0 spiro atoms. The van der Waals surface area contributed by atoms with Gasteiger partial charge in [0.1, 0.15) is 6.04 Å². The largest absolute Gasteiger partial charge is 0.379 e. The number of carbonyl (C=O) groups is 2. The summed E-state index contributed by atoms with van der Waals surface area (Å²) in [5.41, 5.74) is 0.759. The molecule has 27 heavy (non-hydrogen) atoms. The van der Waals surface area contributed by atoms with Crippen LogP contribution in [0.25, 0.3) is 0 Å². The molecule has 1 heterocycles. The molecule has 0 saturated carbocycles. The third kappa shape index (κ3) is 5.27. The van der Waals surface area contributed by atoms with Gasteiger partial charge in [0.25, 0.3) is 5.91 Å². The second kappa shape index (κ2) is 9.29. The molecule has 0 aromatic heterocycles. The Hall–Kier alpha value is -1.97. The monoisotopic (exact) mass is 397 g/mol. The zero-order valence-electron chi connectivity index (χ0n) is 15.9. The van der Waals surface area contributed by atoms with Crippen molar-refractivity contribution in [3.63, 3.8) is 0 Å². The number of benzene rings is 1. The second-order valence-corrected chi connectivity index (χ2v) is 8.39. The number of morpholine rings is 1. The molecule has 8 nitrogen and oxygen atoms in total. The molecule has 1 fully saturated rings. The van der Waals surface area contributed by atoms with Crippen molar-refractivity contribution in [2.45, 2.75) is 38.1 Å². The van der Waals surface area contributed by atoms with Crippen LogP contribution in [0.4, 0.5) is 0 Å². The topological polar surface area (TPSA) is 105 Å². The summed E-state index contributed by atoms with van der Waals surface area (Å²) in [6.45, 7) is 7.02. The predicted molar refractivity (Wildman–Crippen MR) is 101 cm³/mol. The molecule has 0 radical (unpaired) electrons. The lowest BCUT2D eigenvalue weighted by Gasteiger charge is -2.26. The highest BCUT2D eigenvalue weighted by Crippen LogP contribution is 2.22. The van der Waals surface area contributed by atoms with Gasteiger partial charge in [-0.05, 0) is 38.0 Å². The third-order valence-electron chi connectivity index (χ3n) is 4.33. The van der Waals surface area contributed by atoms with Gasteiger partial charge in [-0.3, -0.25) is 9.59 Å². The molecule has 1 aromatic rings. The first-order valence-corrected chi connectivity index (χ1v) is 10.5. The summed E-state index contributed by atoms with van der Waals surface area (Å²) in [5.74, 6) is -0.772. The fraction of sp³-hybridized carbons (Fsp3) is 0.556. The van der Waals surface area contributed by atoms with E-state index in [2.05, 4.69) is 10.6 Å². The highest BCUT2D eigenvalue weighted by atomic mass is 32.2. The van der Waals surface area contributed by atoms with Crippen LogP contribution in [0.15, 0.2) is 23.1 Å². The molecule has 1 aliphatic heterocycles. The fourth-order valence-electron chi connectivity index (χ4n) is 2.69. The number of nitrogens with zero attached hydrogens (tertiary/aromatic N) is 1. The van der Waals surface area contributed by atoms with E-state index in [1.165, 1.54) is 10.4 Å². The van der Waals surface area contributed by atoms with E-state index < -0.39 is 22.0 Å². The average molecular weight is 397 g/mol. The lowest BCUT2D eigenvalue weighted by Crippen LogP contribution is -2.45. The molecule has 0 bridgehead atoms. The molecule has 150 valence electrons. The molecule has 2 N–H and O–H groups in total. The minimum atomic E-state index is -3.71. The van der Waals surface area contributed by atoms with E-state index in [1.54, 1.807) is 26.0 Å². The molecular weight excluding hydrogens is 370 g/mol. The Labute approximate surface area is 160 Å². The molecule has 9 heteroatoms. The number of ether oxygens (including phenoxy) is 1. The van der Waals surface area contributed by atoms with Crippen LogP contribution in [0.3, 0.4) is 0 Å². The summed E-state index contributed by atoms with van der Waals surface area (Å²) in [7, 11) is -3.71. The maximum atomic E-state index is 12.9. The Morgan fingerprint density at radius 2 is 1.93 bits per heavy atom. The summed E-state index contributed by atoms with van der Waals surface area (Å²) in [4.78, 5) is 24.5. The van der Waals surface area contributed by atoms with Crippen molar-refractivity contribution >= 4 is 21.8 Å². The van der Waals surface area contributed by atoms with Crippen LogP contribution in [-0.2, 0) is 19.6 Å². The number of rotatable bonds is 7. The highest BCUT2D eigenvalue weighted by Gasteiger charge is 2.28. The predicted octanol–water partition coefficient (Wildman–Crippen LogP) is 0.660. The van der Waals surface area contributed by atoms with E-state index in [0.29, 0.717) is 25.3 Å². The van der Waals surface area contributed by atoms with Crippen molar-refractivity contribution in [2.24, 2.45) is 0 Å². The number of carbonyl (C=O) groups excluding carboxylic acids is 2. The Morgan fingerprint density at radius 3 is 2.56 bits per heavy atom.